The molecule has 0 saturated carbocycles. The Labute approximate surface area is 134 Å². The number of amides is 1. The summed E-state index contributed by atoms with van der Waals surface area (Å²) < 4.78 is 5.41. The van der Waals surface area contributed by atoms with E-state index in [0.717, 1.165) is 11.1 Å². The van der Waals surface area contributed by atoms with Gasteiger partial charge in [0, 0.05) is 0 Å². The molecule has 0 bridgehead atoms. The van der Waals surface area contributed by atoms with E-state index in [1.54, 1.807) is 6.07 Å². The Bertz CT molecular complexity index is 721. The second kappa shape index (κ2) is 7.31. The van der Waals surface area contributed by atoms with Gasteiger partial charge in [0.1, 0.15) is 5.75 Å². The molecule has 23 heavy (non-hydrogen) atoms. The van der Waals surface area contributed by atoms with E-state index < -0.39 is 5.91 Å². The summed E-state index contributed by atoms with van der Waals surface area (Å²) in [4.78, 5) is 11.7. The van der Waals surface area contributed by atoms with Gasteiger partial charge in [-0.2, -0.15) is 5.10 Å². The molecule has 0 spiro atoms. The van der Waals surface area contributed by atoms with E-state index in [2.05, 4.69) is 10.5 Å². The lowest BCUT2D eigenvalue weighted by atomic mass is 10.1. The second-order valence-corrected chi connectivity index (χ2v) is 5.15. The van der Waals surface area contributed by atoms with Crippen LogP contribution in [0.4, 0.5) is 0 Å². The SMILES string of the molecule is Cc1cc(C)cc(OCC(=O)NN=Cc2ccc(O)c(O)c2)c1. The number of phenols is 2. The van der Waals surface area contributed by atoms with Crippen LogP contribution in [-0.4, -0.2) is 28.9 Å². The lowest BCUT2D eigenvalue weighted by Crippen LogP contribution is -2.24. The maximum atomic E-state index is 11.7. The van der Waals surface area contributed by atoms with Crippen molar-refractivity contribution in [3.63, 3.8) is 0 Å². The molecule has 6 nitrogen and oxygen atoms in total. The van der Waals surface area contributed by atoms with Gasteiger partial charge < -0.3 is 14.9 Å². The van der Waals surface area contributed by atoms with Crippen molar-refractivity contribution < 1.29 is 19.7 Å². The van der Waals surface area contributed by atoms with Gasteiger partial charge in [-0.05, 0) is 60.9 Å². The number of nitrogens with one attached hydrogen (secondary N) is 1. The third-order valence-electron chi connectivity index (χ3n) is 2.97. The molecule has 0 atom stereocenters. The van der Waals surface area contributed by atoms with Crippen LogP contribution < -0.4 is 10.2 Å². The van der Waals surface area contributed by atoms with Crippen LogP contribution in [0, 0.1) is 13.8 Å². The van der Waals surface area contributed by atoms with E-state index in [1.165, 1.54) is 18.3 Å². The lowest BCUT2D eigenvalue weighted by Gasteiger charge is -2.07. The molecule has 0 aliphatic carbocycles. The quantitative estimate of drug-likeness (QED) is 0.448. The average molecular weight is 314 g/mol. The second-order valence-electron chi connectivity index (χ2n) is 5.15. The molecule has 0 fully saturated rings. The number of benzene rings is 2. The molecule has 0 aromatic heterocycles. The van der Waals surface area contributed by atoms with Gasteiger partial charge in [0.25, 0.3) is 5.91 Å². The number of carbonyl (C=O) groups excluding carboxylic acids is 1. The molecule has 0 radical (unpaired) electrons. The van der Waals surface area contributed by atoms with Crippen LogP contribution in [0.3, 0.4) is 0 Å². The van der Waals surface area contributed by atoms with Crippen molar-refractivity contribution in [2.75, 3.05) is 6.61 Å². The number of aryl methyl sites for hydroxylation is 2. The minimum Gasteiger partial charge on any atom is -0.504 e. The Balaban J connectivity index is 1.85. The standard InChI is InChI=1S/C17H18N2O4/c1-11-5-12(2)7-14(6-11)23-10-17(22)19-18-9-13-3-4-15(20)16(21)8-13/h3-9,20-21H,10H2,1-2H3,(H,19,22). The summed E-state index contributed by atoms with van der Waals surface area (Å²) in [5.74, 6) is -0.236. The van der Waals surface area contributed by atoms with Crippen LogP contribution in [0.25, 0.3) is 0 Å². The van der Waals surface area contributed by atoms with Crippen molar-refractivity contribution in [1.29, 1.82) is 0 Å². The maximum Gasteiger partial charge on any atom is 0.277 e. The highest BCUT2D eigenvalue weighted by Gasteiger charge is 2.03. The van der Waals surface area contributed by atoms with Crippen molar-refractivity contribution in [3.8, 4) is 17.2 Å². The first kappa shape index (κ1) is 16.4. The molecule has 6 heteroatoms. The molecular formula is C17H18N2O4. The summed E-state index contributed by atoms with van der Waals surface area (Å²) in [5.41, 5.74) is 4.99. The monoisotopic (exact) mass is 314 g/mol. The molecule has 2 aromatic rings. The van der Waals surface area contributed by atoms with Crippen molar-refractivity contribution >= 4 is 12.1 Å². The fourth-order valence-electron chi connectivity index (χ4n) is 2.00. The van der Waals surface area contributed by atoms with Crippen molar-refractivity contribution in [2.24, 2.45) is 5.10 Å². The van der Waals surface area contributed by atoms with Crippen molar-refractivity contribution in [1.82, 2.24) is 5.43 Å². The lowest BCUT2D eigenvalue weighted by molar-refractivity contribution is -0.123. The highest BCUT2D eigenvalue weighted by molar-refractivity contribution is 5.83. The van der Waals surface area contributed by atoms with Gasteiger partial charge in [-0.15, -0.1) is 0 Å². The topological polar surface area (TPSA) is 91.2 Å². The first-order valence-corrected chi connectivity index (χ1v) is 6.99. The van der Waals surface area contributed by atoms with Crippen molar-refractivity contribution in [2.45, 2.75) is 13.8 Å². The van der Waals surface area contributed by atoms with Gasteiger partial charge in [-0.3, -0.25) is 4.79 Å². The van der Waals surface area contributed by atoms with E-state index in [4.69, 9.17) is 4.74 Å². The summed E-state index contributed by atoms with van der Waals surface area (Å²) in [5, 5.41) is 22.3. The molecule has 3 N–H and O–H groups in total. The van der Waals surface area contributed by atoms with Gasteiger partial charge in [-0.25, -0.2) is 5.43 Å². The normalized spacial score (nSPS) is 10.7. The average Bonchev–Trinajstić information content (AvgIpc) is 2.48. The van der Waals surface area contributed by atoms with Crippen LogP contribution in [0.5, 0.6) is 17.2 Å². The van der Waals surface area contributed by atoms with Crippen LogP contribution >= 0.6 is 0 Å². The highest BCUT2D eigenvalue weighted by atomic mass is 16.5. The molecule has 0 unspecified atom stereocenters. The van der Waals surface area contributed by atoms with Gasteiger partial charge >= 0.3 is 0 Å². The first-order chi connectivity index (χ1) is 10.9. The van der Waals surface area contributed by atoms with Crippen molar-refractivity contribution in [3.05, 3.63) is 53.1 Å². The zero-order chi connectivity index (χ0) is 16.8. The Kier molecular flexibility index (Phi) is 5.19. The minimum atomic E-state index is -0.400. The fourth-order valence-corrected chi connectivity index (χ4v) is 2.00. The molecule has 0 heterocycles. The van der Waals surface area contributed by atoms with Crippen LogP contribution in [0.2, 0.25) is 0 Å². The number of aromatic hydroxyl groups is 2. The number of nitrogens with zero attached hydrogens (tertiary/aromatic N) is 1. The van der Waals surface area contributed by atoms with E-state index in [1.807, 2.05) is 32.0 Å². The summed E-state index contributed by atoms with van der Waals surface area (Å²) in [6.45, 7) is 3.76. The Morgan fingerprint density at radius 1 is 1.13 bits per heavy atom. The zero-order valence-corrected chi connectivity index (χ0v) is 12.9. The van der Waals surface area contributed by atoms with Crippen LogP contribution in [-0.2, 0) is 4.79 Å². The van der Waals surface area contributed by atoms with Gasteiger partial charge in [0.15, 0.2) is 18.1 Å². The van der Waals surface area contributed by atoms with Gasteiger partial charge in [0.05, 0.1) is 6.21 Å². The molecule has 2 rings (SSSR count). The molecule has 1 amide bonds. The number of hydrogen-bond acceptors (Lipinski definition) is 5. The molecule has 2 aromatic carbocycles. The summed E-state index contributed by atoms with van der Waals surface area (Å²) >= 11 is 0. The number of phenolic OH excluding ortho intramolecular Hbond substituents is 2. The number of rotatable bonds is 5. The Morgan fingerprint density at radius 3 is 2.48 bits per heavy atom. The van der Waals surface area contributed by atoms with Gasteiger partial charge in [-0.1, -0.05) is 6.07 Å². The number of hydrazone groups is 1. The molecule has 0 aliphatic heterocycles. The largest absolute Gasteiger partial charge is 0.504 e. The fraction of sp³-hybridized carbons (Fsp3) is 0.176. The maximum absolute atomic E-state index is 11.7. The number of ether oxygens (including phenoxy) is 1. The zero-order valence-electron chi connectivity index (χ0n) is 12.9. The smallest absolute Gasteiger partial charge is 0.277 e. The highest BCUT2D eigenvalue weighted by Crippen LogP contribution is 2.23. The van der Waals surface area contributed by atoms with Crippen LogP contribution in [0.15, 0.2) is 41.5 Å². The van der Waals surface area contributed by atoms with E-state index in [0.29, 0.717) is 11.3 Å². The van der Waals surface area contributed by atoms with E-state index in [-0.39, 0.29) is 18.1 Å². The third-order valence-corrected chi connectivity index (χ3v) is 2.97. The number of hydrogen-bond donors (Lipinski definition) is 3. The molecular weight excluding hydrogens is 296 g/mol. The minimum absolute atomic E-state index is 0.152. The molecule has 0 saturated heterocycles. The summed E-state index contributed by atoms with van der Waals surface area (Å²) in [6, 6.07) is 9.94. The Hall–Kier alpha value is -3.02. The van der Waals surface area contributed by atoms with Crippen LogP contribution in [0.1, 0.15) is 16.7 Å². The van der Waals surface area contributed by atoms with E-state index in [9.17, 15) is 15.0 Å². The predicted octanol–water partition coefficient (Wildman–Crippen LogP) is 2.24. The molecule has 120 valence electrons. The first-order valence-electron chi connectivity index (χ1n) is 6.99. The predicted molar refractivity (Wildman–Crippen MR) is 86.9 cm³/mol. The third kappa shape index (κ3) is 5.03. The summed E-state index contributed by atoms with van der Waals surface area (Å²) in [7, 11) is 0. The Morgan fingerprint density at radius 2 is 1.83 bits per heavy atom. The van der Waals surface area contributed by atoms with E-state index >= 15 is 0 Å². The summed E-state index contributed by atoms with van der Waals surface area (Å²) in [6.07, 6.45) is 1.36. The molecule has 0 aliphatic rings. The van der Waals surface area contributed by atoms with Gasteiger partial charge in [0.2, 0.25) is 0 Å². The number of carbonyl (C=O) groups is 1.